The molecule has 10 nitrogen and oxygen atoms in total. The van der Waals surface area contributed by atoms with Crippen LogP contribution in [0.25, 0.3) is 0 Å². The SMILES string of the molecule is O=C(NCC(=O)N1CCN(c2c(F)cc(N3C[C@H](CO)OC3=O)cc2F)CC1)c1cccnc1. The number of nitrogens with one attached hydrogen (secondary N) is 1. The standard InChI is InChI=1S/C22H23F2N5O5/c23-17-8-15(29-12-16(13-30)34-22(29)33)9-18(24)20(17)28-6-4-27(5-7-28)19(31)11-26-21(32)14-2-1-3-25-10-14/h1-3,8-10,16,30H,4-7,11-13H2,(H,26,32)/t16-/m1/s1. The number of anilines is 2. The number of amides is 3. The number of pyridine rings is 1. The van der Waals surface area contributed by atoms with Crippen LogP contribution in [0.4, 0.5) is 25.0 Å². The zero-order valence-corrected chi connectivity index (χ0v) is 18.1. The van der Waals surface area contributed by atoms with Crippen molar-refractivity contribution in [1.29, 1.82) is 0 Å². The number of carbonyl (C=O) groups is 3. The Bertz CT molecular complexity index is 1060. The van der Waals surface area contributed by atoms with E-state index in [-0.39, 0.29) is 63.2 Å². The molecular formula is C22H23F2N5O5. The second-order valence-electron chi connectivity index (χ2n) is 7.85. The lowest BCUT2D eigenvalue weighted by Crippen LogP contribution is -2.51. The molecule has 0 saturated carbocycles. The largest absolute Gasteiger partial charge is 0.441 e. The van der Waals surface area contributed by atoms with E-state index in [4.69, 9.17) is 9.84 Å². The van der Waals surface area contributed by atoms with Gasteiger partial charge in [-0.05, 0) is 12.1 Å². The van der Waals surface area contributed by atoms with Gasteiger partial charge < -0.3 is 25.0 Å². The van der Waals surface area contributed by atoms with E-state index in [1.54, 1.807) is 12.1 Å². The average molecular weight is 475 g/mol. The number of aliphatic hydroxyl groups is 1. The number of piperazine rings is 1. The van der Waals surface area contributed by atoms with Crippen molar-refractivity contribution < 1.29 is 33.0 Å². The van der Waals surface area contributed by atoms with E-state index in [0.29, 0.717) is 5.56 Å². The zero-order chi connectivity index (χ0) is 24.2. The highest BCUT2D eigenvalue weighted by molar-refractivity contribution is 5.96. The lowest BCUT2D eigenvalue weighted by atomic mass is 10.2. The van der Waals surface area contributed by atoms with Crippen molar-refractivity contribution in [2.75, 3.05) is 55.7 Å². The molecule has 3 heterocycles. The Balaban J connectivity index is 1.34. The normalized spacial score (nSPS) is 18.1. The summed E-state index contributed by atoms with van der Waals surface area (Å²) < 4.78 is 34.6. The van der Waals surface area contributed by atoms with Gasteiger partial charge in [-0.1, -0.05) is 0 Å². The summed E-state index contributed by atoms with van der Waals surface area (Å²) in [4.78, 5) is 44.3. The van der Waals surface area contributed by atoms with Gasteiger partial charge >= 0.3 is 6.09 Å². The van der Waals surface area contributed by atoms with Crippen molar-refractivity contribution in [3.8, 4) is 0 Å². The van der Waals surface area contributed by atoms with Gasteiger partial charge in [0.05, 0.1) is 30.9 Å². The molecule has 2 fully saturated rings. The van der Waals surface area contributed by atoms with Crippen molar-refractivity contribution in [3.05, 3.63) is 53.9 Å². The van der Waals surface area contributed by atoms with E-state index in [2.05, 4.69) is 10.3 Å². The lowest BCUT2D eigenvalue weighted by Gasteiger charge is -2.36. The van der Waals surface area contributed by atoms with Crippen molar-refractivity contribution in [3.63, 3.8) is 0 Å². The Morgan fingerprint density at radius 3 is 2.47 bits per heavy atom. The molecule has 34 heavy (non-hydrogen) atoms. The van der Waals surface area contributed by atoms with Gasteiger partial charge in [0, 0.05) is 50.7 Å². The van der Waals surface area contributed by atoms with Gasteiger partial charge in [0.15, 0.2) is 11.6 Å². The lowest BCUT2D eigenvalue weighted by molar-refractivity contribution is -0.130. The number of cyclic esters (lactones) is 1. The second-order valence-corrected chi connectivity index (χ2v) is 7.85. The maximum absolute atomic E-state index is 14.8. The van der Waals surface area contributed by atoms with Crippen LogP contribution in [-0.4, -0.2) is 84.9 Å². The summed E-state index contributed by atoms with van der Waals surface area (Å²) in [7, 11) is 0. The molecule has 0 radical (unpaired) electrons. The van der Waals surface area contributed by atoms with E-state index in [1.165, 1.54) is 22.2 Å². The van der Waals surface area contributed by atoms with Crippen LogP contribution in [0.5, 0.6) is 0 Å². The molecule has 0 aliphatic carbocycles. The quantitative estimate of drug-likeness (QED) is 0.634. The van der Waals surface area contributed by atoms with E-state index in [0.717, 1.165) is 17.0 Å². The first-order valence-corrected chi connectivity index (χ1v) is 10.7. The van der Waals surface area contributed by atoms with Crippen molar-refractivity contribution >= 4 is 29.3 Å². The predicted octanol–water partition coefficient (Wildman–Crippen LogP) is 0.756. The van der Waals surface area contributed by atoms with E-state index >= 15 is 0 Å². The number of hydrogen-bond acceptors (Lipinski definition) is 7. The minimum absolute atomic E-state index is 0.00197. The molecular weight excluding hydrogens is 452 g/mol. The van der Waals surface area contributed by atoms with Crippen LogP contribution in [-0.2, 0) is 9.53 Å². The molecule has 2 aliphatic heterocycles. The maximum atomic E-state index is 14.8. The Morgan fingerprint density at radius 1 is 1.18 bits per heavy atom. The minimum atomic E-state index is -0.848. The molecule has 2 saturated heterocycles. The molecule has 3 amide bonds. The first kappa shape index (κ1) is 23.4. The van der Waals surface area contributed by atoms with Gasteiger partial charge in [-0.25, -0.2) is 13.6 Å². The number of carbonyl (C=O) groups excluding carboxylic acids is 3. The van der Waals surface area contributed by atoms with Gasteiger partial charge in [-0.15, -0.1) is 0 Å². The fourth-order valence-electron chi connectivity index (χ4n) is 3.88. The molecule has 2 aromatic rings. The van der Waals surface area contributed by atoms with E-state index < -0.39 is 29.7 Å². The van der Waals surface area contributed by atoms with Gasteiger partial charge in [0.1, 0.15) is 11.8 Å². The van der Waals surface area contributed by atoms with E-state index in [1.807, 2.05) is 0 Å². The van der Waals surface area contributed by atoms with Crippen molar-refractivity contribution in [2.45, 2.75) is 6.10 Å². The topological polar surface area (TPSA) is 115 Å². The van der Waals surface area contributed by atoms with Crippen LogP contribution in [0.3, 0.4) is 0 Å². The molecule has 180 valence electrons. The second kappa shape index (κ2) is 10.00. The number of nitrogens with zero attached hydrogens (tertiary/aromatic N) is 4. The van der Waals surface area contributed by atoms with Gasteiger partial charge in [-0.3, -0.25) is 19.5 Å². The molecule has 1 aromatic heterocycles. The third kappa shape index (κ3) is 4.91. The average Bonchev–Trinajstić information content (AvgIpc) is 3.23. The number of benzene rings is 1. The number of halogens is 2. The summed E-state index contributed by atoms with van der Waals surface area (Å²) in [6, 6.07) is 5.29. The smallest absolute Gasteiger partial charge is 0.414 e. The Labute approximate surface area is 193 Å². The molecule has 1 aromatic carbocycles. The fourth-order valence-corrected chi connectivity index (χ4v) is 3.88. The zero-order valence-electron chi connectivity index (χ0n) is 18.1. The number of aromatic nitrogens is 1. The summed E-state index contributed by atoms with van der Waals surface area (Å²) in [6.45, 7) is 0.221. The Morgan fingerprint density at radius 2 is 1.88 bits per heavy atom. The summed E-state index contributed by atoms with van der Waals surface area (Å²) >= 11 is 0. The van der Waals surface area contributed by atoms with Gasteiger partial charge in [-0.2, -0.15) is 0 Å². The highest BCUT2D eigenvalue weighted by Crippen LogP contribution is 2.31. The third-order valence-electron chi connectivity index (χ3n) is 5.66. The number of aliphatic hydroxyl groups excluding tert-OH is 1. The fraction of sp³-hybridized carbons (Fsp3) is 0.364. The van der Waals surface area contributed by atoms with Crippen LogP contribution in [0, 0.1) is 11.6 Å². The number of ether oxygens (including phenoxy) is 1. The highest BCUT2D eigenvalue weighted by Gasteiger charge is 2.33. The van der Waals surface area contributed by atoms with Crippen LogP contribution in [0.1, 0.15) is 10.4 Å². The summed E-state index contributed by atoms with van der Waals surface area (Å²) in [5.74, 6) is -2.42. The van der Waals surface area contributed by atoms with Crippen molar-refractivity contribution in [2.24, 2.45) is 0 Å². The molecule has 4 rings (SSSR count). The molecule has 0 spiro atoms. The first-order valence-electron chi connectivity index (χ1n) is 10.7. The van der Waals surface area contributed by atoms with E-state index in [9.17, 15) is 23.2 Å². The first-order chi connectivity index (χ1) is 16.4. The Hall–Kier alpha value is -3.80. The monoisotopic (exact) mass is 475 g/mol. The summed E-state index contributed by atoms with van der Waals surface area (Å²) in [6.07, 6.45) is 1.39. The van der Waals surface area contributed by atoms with Gasteiger partial charge in [0.25, 0.3) is 5.91 Å². The predicted molar refractivity (Wildman–Crippen MR) is 116 cm³/mol. The van der Waals surface area contributed by atoms with Crippen LogP contribution >= 0.6 is 0 Å². The molecule has 1 atom stereocenters. The number of hydrogen-bond donors (Lipinski definition) is 2. The molecule has 2 aliphatic rings. The summed E-state index contributed by atoms with van der Waals surface area (Å²) in [5, 5.41) is 11.7. The number of rotatable bonds is 6. The third-order valence-corrected chi connectivity index (χ3v) is 5.66. The molecule has 0 unspecified atom stereocenters. The Kier molecular flexibility index (Phi) is 6.87. The van der Waals surface area contributed by atoms with Crippen LogP contribution in [0.2, 0.25) is 0 Å². The van der Waals surface area contributed by atoms with Gasteiger partial charge in [0.2, 0.25) is 5.91 Å². The summed E-state index contributed by atoms with van der Waals surface area (Å²) in [5.41, 5.74) is 0.0912. The van der Waals surface area contributed by atoms with Crippen LogP contribution in [0.15, 0.2) is 36.7 Å². The van der Waals surface area contributed by atoms with Crippen LogP contribution < -0.4 is 15.1 Å². The molecule has 2 N–H and O–H groups in total. The molecule has 0 bridgehead atoms. The minimum Gasteiger partial charge on any atom is -0.441 e. The highest BCUT2D eigenvalue weighted by atomic mass is 19.1. The molecule has 12 heteroatoms. The maximum Gasteiger partial charge on any atom is 0.414 e. The van der Waals surface area contributed by atoms with Crippen molar-refractivity contribution in [1.82, 2.24) is 15.2 Å².